The third kappa shape index (κ3) is 8.42. The summed E-state index contributed by atoms with van der Waals surface area (Å²) in [5.74, 6) is 0. The number of hydrogen-bond acceptors (Lipinski definition) is 3. The molecule has 0 radical (unpaired) electrons. The standard InChI is InChI=1S/C86H100BN3/c1-77(2,3)55-30-34-70(59(44-55)53-26-22-21-23-27-53)89-73-52-66-64(82(13,14)41-43-84(66,17)18)50-69(73)87-68-49-63-65(83(15,16)42-40-81(63,11)12)51-72(68)88(57-32-33-61-62(46-57)80(9,10)39-38-79(61,7)8)74-47-58(48-75(89)76(74)87)90-71-35-31-56(78(4,5)6)45-67(71)85(19)37-36-54-28-24-25-29-60(54)86(85,90)20/h21-35,44-52H,36-43H2,1-20H3. The van der Waals surface area contributed by atoms with Crippen molar-refractivity contribution in [3.8, 4) is 11.1 Å². The molecule has 0 fully saturated rings. The number of benzene rings is 8. The lowest BCUT2D eigenvalue weighted by atomic mass is 9.32. The van der Waals surface area contributed by atoms with Crippen LogP contribution in [0.15, 0.2) is 146 Å². The van der Waals surface area contributed by atoms with E-state index in [-0.39, 0.29) is 55.4 Å². The Kier molecular flexibility index (Phi) is 12.5. The van der Waals surface area contributed by atoms with Gasteiger partial charge in [0, 0.05) is 50.8 Å². The maximum atomic E-state index is 2.87. The molecule has 8 aromatic rings. The van der Waals surface area contributed by atoms with Crippen LogP contribution in [0.2, 0.25) is 0 Å². The number of anilines is 8. The van der Waals surface area contributed by atoms with E-state index in [1.165, 1.54) is 141 Å². The molecular weight excluding hydrogens is 1090 g/mol. The van der Waals surface area contributed by atoms with E-state index in [0.717, 1.165) is 44.9 Å². The van der Waals surface area contributed by atoms with Gasteiger partial charge in [0.25, 0.3) is 6.71 Å². The first kappa shape index (κ1) is 59.5. The topological polar surface area (TPSA) is 9.72 Å². The summed E-state index contributed by atoms with van der Waals surface area (Å²) >= 11 is 0. The molecule has 4 aliphatic carbocycles. The van der Waals surface area contributed by atoms with Crippen LogP contribution < -0.4 is 31.1 Å². The first-order chi connectivity index (χ1) is 42.1. The maximum Gasteiger partial charge on any atom is 0.252 e. The third-order valence-corrected chi connectivity index (χ3v) is 25.2. The van der Waals surface area contributed by atoms with Gasteiger partial charge in [-0.3, -0.25) is 0 Å². The van der Waals surface area contributed by atoms with Gasteiger partial charge in [0.15, 0.2) is 0 Å². The molecule has 4 heteroatoms. The van der Waals surface area contributed by atoms with Crippen molar-refractivity contribution in [2.75, 3.05) is 14.7 Å². The van der Waals surface area contributed by atoms with E-state index in [1.54, 1.807) is 0 Å². The van der Waals surface area contributed by atoms with Crippen LogP contribution >= 0.6 is 0 Å². The van der Waals surface area contributed by atoms with Gasteiger partial charge in [-0.1, -0.05) is 223 Å². The van der Waals surface area contributed by atoms with Crippen LogP contribution in [0, 0.1) is 0 Å². The number of fused-ring (bicyclic) bond motifs is 12. The highest BCUT2D eigenvalue weighted by Crippen LogP contribution is 2.66. The van der Waals surface area contributed by atoms with E-state index in [4.69, 9.17) is 0 Å². The highest BCUT2D eigenvalue weighted by Gasteiger charge is 2.61. The summed E-state index contributed by atoms with van der Waals surface area (Å²) in [5.41, 5.74) is 32.4. The molecule has 8 aromatic carbocycles. The number of aryl methyl sites for hydroxylation is 1. The number of hydrogen-bond donors (Lipinski definition) is 0. The SMILES string of the molecule is CC(C)(C)c1ccc(N2c3cc4c(cc3B3c5cc6c(cc5N(c5ccc7c(c5)C(C)(C)CCC7(C)C)c5cc(N7c8ccc(C(C)(C)C)cc8C8(C)CCc9ccccc9C78C)cc2c53)C(C)(C)CCC6(C)C)C(C)(C)CCC4(C)C)c(-c2ccccc2)c1. The van der Waals surface area contributed by atoms with Crippen molar-refractivity contribution in [2.24, 2.45) is 0 Å². The smallest absolute Gasteiger partial charge is 0.252 e. The van der Waals surface area contributed by atoms with Crippen molar-refractivity contribution in [1.29, 1.82) is 0 Å². The second kappa shape index (κ2) is 18.9. The van der Waals surface area contributed by atoms with Crippen LogP contribution in [-0.2, 0) is 60.7 Å². The second-order valence-corrected chi connectivity index (χ2v) is 35.7. The van der Waals surface area contributed by atoms with Crippen molar-refractivity contribution in [3.63, 3.8) is 0 Å². The van der Waals surface area contributed by atoms with Crippen LogP contribution in [0.3, 0.4) is 0 Å². The largest absolute Gasteiger partial charge is 0.330 e. The van der Waals surface area contributed by atoms with Gasteiger partial charge in [0.05, 0.1) is 11.2 Å². The van der Waals surface area contributed by atoms with E-state index in [1.807, 2.05) is 0 Å². The molecule has 7 aliphatic rings. The quantitative estimate of drug-likeness (QED) is 0.163. The lowest BCUT2D eigenvalue weighted by Crippen LogP contribution is -2.62. The van der Waals surface area contributed by atoms with Gasteiger partial charge < -0.3 is 14.7 Å². The fourth-order valence-electron chi connectivity index (χ4n) is 18.7. The molecule has 2 unspecified atom stereocenters. The molecule has 0 amide bonds. The average molecular weight is 1190 g/mol. The second-order valence-electron chi connectivity index (χ2n) is 35.7. The Morgan fingerprint density at radius 3 is 1.37 bits per heavy atom. The minimum absolute atomic E-state index is 0.00171. The highest BCUT2D eigenvalue weighted by atomic mass is 15.3. The molecule has 0 saturated heterocycles. The van der Waals surface area contributed by atoms with Gasteiger partial charge in [-0.2, -0.15) is 0 Å². The molecule has 0 saturated carbocycles. The maximum absolute atomic E-state index is 2.87. The minimum atomic E-state index is -0.440. The number of nitrogens with zero attached hydrogens (tertiary/aromatic N) is 3. The zero-order chi connectivity index (χ0) is 63.8. The Labute approximate surface area is 542 Å². The van der Waals surface area contributed by atoms with Crippen molar-refractivity contribution in [1.82, 2.24) is 0 Å². The van der Waals surface area contributed by atoms with Crippen molar-refractivity contribution in [3.05, 3.63) is 207 Å². The van der Waals surface area contributed by atoms with Crippen LogP contribution in [-0.4, -0.2) is 6.71 Å². The Morgan fingerprint density at radius 2 is 0.811 bits per heavy atom. The predicted molar refractivity (Wildman–Crippen MR) is 387 cm³/mol. The summed E-state index contributed by atoms with van der Waals surface area (Å²) in [6.45, 7) is 49.7. The van der Waals surface area contributed by atoms with Crippen LogP contribution in [0.4, 0.5) is 45.5 Å². The number of rotatable bonds is 4. The van der Waals surface area contributed by atoms with Crippen molar-refractivity contribution < 1.29 is 0 Å². The van der Waals surface area contributed by atoms with Gasteiger partial charge in [0.1, 0.15) is 0 Å². The molecular formula is C86H100BN3. The molecule has 3 aliphatic heterocycles. The monoisotopic (exact) mass is 1190 g/mol. The molecule has 0 aromatic heterocycles. The molecule has 0 N–H and O–H groups in total. The normalized spacial score (nSPS) is 23.1. The Balaban J connectivity index is 1.14. The van der Waals surface area contributed by atoms with E-state index in [0.29, 0.717) is 0 Å². The average Bonchev–Trinajstić information content (AvgIpc) is 1.51. The summed E-state index contributed by atoms with van der Waals surface area (Å²) in [6.07, 6.45) is 9.05. The Bertz CT molecular complexity index is 4340. The van der Waals surface area contributed by atoms with E-state index in [9.17, 15) is 0 Å². The van der Waals surface area contributed by atoms with Crippen LogP contribution in [0.25, 0.3) is 11.1 Å². The molecule has 2 atom stereocenters. The van der Waals surface area contributed by atoms with Gasteiger partial charge in [0.2, 0.25) is 0 Å². The van der Waals surface area contributed by atoms with Crippen LogP contribution in [0.5, 0.6) is 0 Å². The van der Waals surface area contributed by atoms with E-state index >= 15 is 0 Å². The summed E-state index contributed by atoms with van der Waals surface area (Å²) in [4.78, 5) is 8.50. The highest BCUT2D eigenvalue weighted by molar-refractivity contribution is 7.00. The third-order valence-electron chi connectivity index (χ3n) is 25.2. The lowest BCUT2D eigenvalue weighted by Gasteiger charge is -2.52. The lowest BCUT2D eigenvalue weighted by molar-refractivity contribution is 0.245. The summed E-state index contributed by atoms with van der Waals surface area (Å²) in [7, 11) is 0. The molecule has 0 spiro atoms. The zero-order valence-corrected chi connectivity index (χ0v) is 58.4. The minimum Gasteiger partial charge on any atom is -0.330 e. The van der Waals surface area contributed by atoms with Gasteiger partial charge in [-0.15, -0.1) is 0 Å². The van der Waals surface area contributed by atoms with E-state index in [2.05, 4.69) is 299 Å². The molecule has 0 bridgehead atoms. The summed E-state index contributed by atoms with van der Waals surface area (Å²) < 4.78 is 0. The van der Waals surface area contributed by atoms with Crippen molar-refractivity contribution in [2.45, 2.75) is 244 Å². The first-order valence-corrected chi connectivity index (χ1v) is 34.6. The van der Waals surface area contributed by atoms with Gasteiger partial charge in [-0.25, -0.2) is 0 Å². The fourth-order valence-corrected chi connectivity index (χ4v) is 18.7. The molecule has 3 heterocycles. The molecule has 3 nitrogen and oxygen atoms in total. The van der Waals surface area contributed by atoms with Crippen LogP contribution in [0.1, 0.15) is 245 Å². The van der Waals surface area contributed by atoms with Gasteiger partial charge >= 0.3 is 0 Å². The molecule has 15 rings (SSSR count). The van der Waals surface area contributed by atoms with Crippen molar-refractivity contribution >= 4 is 68.6 Å². The summed E-state index contributed by atoms with van der Waals surface area (Å²) in [5, 5.41) is 0. The zero-order valence-electron chi connectivity index (χ0n) is 58.4. The predicted octanol–water partition coefficient (Wildman–Crippen LogP) is 21.3. The van der Waals surface area contributed by atoms with E-state index < -0.39 is 5.54 Å². The summed E-state index contributed by atoms with van der Waals surface area (Å²) in [6, 6.07) is 60.2. The Hall–Kier alpha value is -6.78. The van der Waals surface area contributed by atoms with Gasteiger partial charge in [-0.05, 0) is 239 Å². The molecule has 462 valence electrons. The first-order valence-electron chi connectivity index (χ1n) is 34.6. The molecule has 90 heavy (non-hydrogen) atoms. The Morgan fingerprint density at radius 1 is 0.344 bits per heavy atom. The fraction of sp³-hybridized carbons (Fsp3) is 0.442.